The number of anilines is 1. The Bertz CT molecular complexity index is 556. The van der Waals surface area contributed by atoms with Crippen molar-refractivity contribution in [2.24, 2.45) is 0 Å². The highest BCUT2D eigenvalue weighted by Crippen LogP contribution is 2.22. The monoisotopic (exact) mass is 264 g/mol. The standard InChI is InChI=1S/C11H12N4O2S/c1-7-9(15(16)17)3-4-10(13-7)14-8(2)11-12-5-6-18-11/h3-6,8H,1-2H3,(H,13,14). The first kappa shape index (κ1) is 12.4. The van der Waals surface area contributed by atoms with Gasteiger partial charge in [0, 0.05) is 17.6 Å². The molecule has 0 saturated heterocycles. The van der Waals surface area contributed by atoms with Crippen molar-refractivity contribution in [1.29, 1.82) is 0 Å². The molecular formula is C11H12N4O2S. The molecule has 0 aliphatic rings. The Morgan fingerprint density at radius 1 is 1.50 bits per heavy atom. The Morgan fingerprint density at radius 3 is 2.83 bits per heavy atom. The van der Waals surface area contributed by atoms with Gasteiger partial charge in [-0.2, -0.15) is 0 Å². The largest absolute Gasteiger partial charge is 0.361 e. The first-order chi connectivity index (χ1) is 8.58. The zero-order valence-corrected chi connectivity index (χ0v) is 10.8. The first-order valence-corrected chi connectivity index (χ1v) is 6.24. The second kappa shape index (κ2) is 5.09. The average molecular weight is 264 g/mol. The van der Waals surface area contributed by atoms with Gasteiger partial charge in [-0.25, -0.2) is 9.97 Å². The molecule has 0 radical (unpaired) electrons. The number of nitrogens with one attached hydrogen (secondary N) is 1. The second-order valence-corrected chi connectivity index (χ2v) is 4.72. The molecule has 1 atom stereocenters. The number of aromatic nitrogens is 2. The van der Waals surface area contributed by atoms with Crippen molar-refractivity contribution in [3.05, 3.63) is 44.5 Å². The molecule has 0 spiro atoms. The quantitative estimate of drug-likeness (QED) is 0.678. The summed E-state index contributed by atoms with van der Waals surface area (Å²) >= 11 is 1.55. The third kappa shape index (κ3) is 2.62. The number of aryl methyl sites for hydroxylation is 1. The van der Waals surface area contributed by atoms with E-state index in [1.54, 1.807) is 30.5 Å². The molecule has 0 aromatic carbocycles. The van der Waals surface area contributed by atoms with Gasteiger partial charge in [-0.15, -0.1) is 11.3 Å². The maximum Gasteiger partial charge on any atom is 0.290 e. The predicted molar refractivity (Wildman–Crippen MR) is 69.8 cm³/mol. The molecule has 18 heavy (non-hydrogen) atoms. The van der Waals surface area contributed by atoms with Gasteiger partial charge in [-0.05, 0) is 19.9 Å². The topological polar surface area (TPSA) is 81.0 Å². The minimum Gasteiger partial charge on any atom is -0.361 e. The summed E-state index contributed by atoms with van der Waals surface area (Å²) in [6.45, 7) is 3.59. The minimum absolute atomic E-state index is 0.0263. The molecule has 0 aliphatic heterocycles. The highest BCUT2D eigenvalue weighted by molar-refractivity contribution is 7.09. The molecule has 0 fully saturated rings. The smallest absolute Gasteiger partial charge is 0.290 e. The fourth-order valence-electron chi connectivity index (χ4n) is 1.56. The molecule has 6 nitrogen and oxygen atoms in total. The van der Waals surface area contributed by atoms with Gasteiger partial charge < -0.3 is 5.32 Å². The molecule has 2 aromatic rings. The van der Waals surface area contributed by atoms with E-state index >= 15 is 0 Å². The highest BCUT2D eigenvalue weighted by atomic mass is 32.1. The van der Waals surface area contributed by atoms with E-state index in [1.807, 2.05) is 12.3 Å². The number of hydrogen-bond acceptors (Lipinski definition) is 6. The van der Waals surface area contributed by atoms with Crippen LogP contribution in [0.15, 0.2) is 23.7 Å². The summed E-state index contributed by atoms with van der Waals surface area (Å²) in [5.41, 5.74) is 0.429. The highest BCUT2D eigenvalue weighted by Gasteiger charge is 2.13. The van der Waals surface area contributed by atoms with Gasteiger partial charge in [0.1, 0.15) is 16.5 Å². The summed E-state index contributed by atoms with van der Waals surface area (Å²) < 4.78 is 0. The van der Waals surface area contributed by atoms with Crippen LogP contribution in [0.5, 0.6) is 0 Å². The van der Waals surface area contributed by atoms with E-state index in [4.69, 9.17) is 0 Å². The summed E-state index contributed by atoms with van der Waals surface area (Å²) in [4.78, 5) is 18.6. The van der Waals surface area contributed by atoms with Gasteiger partial charge in [-0.1, -0.05) is 0 Å². The number of nitrogens with zero attached hydrogens (tertiary/aromatic N) is 3. The third-order valence-electron chi connectivity index (χ3n) is 2.44. The molecule has 2 rings (SSSR count). The lowest BCUT2D eigenvalue weighted by molar-refractivity contribution is -0.385. The van der Waals surface area contributed by atoms with Crippen LogP contribution < -0.4 is 5.32 Å². The van der Waals surface area contributed by atoms with Crippen molar-refractivity contribution in [3.63, 3.8) is 0 Å². The SMILES string of the molecule is Cc1nc(NC(C)c2nccs2)ccc1[N+](=O)[O-]. The Morgan fingerprint density at radius 2 is 2.28 bits per heavy atom. The van der Waals surface area contributed by atoms with E-state index in [9.17, 15) is 10.1 Å². The summed E-state index contributed by atoms with van der Waals surface area (Å²) in [5, 5.41) is 16.7. The van der Waals surface area contributed by atoms with Crippen molar-refractivity contribution in [1.82, 2.24) is 9.97 Å². The van der Waals surface area contributed by atoms with E-state index < -0.39 is 4.92 Å². The predicted octanol–water partition coefficient (Wildman–Crippen LogP) is 2.93. The normalized spacial score (nSPS) is 12.1. The van der Waals surface area contributed by atoms with E-state index in [1.165, 1.54) is 6.07 Å². The zero-order chi connectivity index (χ0) is 13.1. The fourth-order valence-corrected chi connectivity index (χ4v) is 2.20. The fraction of sp³-hybridized carbons (Fsp3) is 0.273. The summed E-state index contributed by atoms with van der Waals surface area (Å²) in [6.07, 6.45) is 1.74. The van der Waals surface area contributed by atoms with Crippen molar-refractivity contribution in [3.8, 4) is 0 Å². The van der Waals surface area contributed by atoms with Crippen LogP contribution in [-0.2, 0) is 0 Å². The maximum atomic E-state index is 10.7. The Kier molecular flexibility index (Phi) is 3.52. The lowest BCUT2D eigenvalue weighted by Crippen LogP contribution is -2.08. The van der Waals surface area contributed by atoms with Crippen LogP contribution in [0.25, 0.3) is 0 Å². The third-order valence-corrected chi connectivity index (χ3v) is 3.40. The van der Waals surface area contributed by atoms with E-state index in [2.05, 4.69) is 15.3 Å². The molecule has 0 saturated carbocycles. The summed E-state index contributed by atoms with van der Waals surface area (Å²) in [5.74, 6) is 0.612. The molecular weight excluding hydrogens is 252 g/mol. The lowest BCUT2D eigenvalue weighted by atomic mass is 10.3. The molecule has 7 heteroatoms. The van der Waals surface area contributed by atoms with Crippen LogP contribution in [0, 0.1) is 17.0 Å². The lowest BCUT2D eigenvalue weighted by Gasteiger charge is -2.12. The number of pyridine rings is 1. The van der Waals surface area contributed by atoms with Crippen molar-refractivity contribution < 1.29 is 4.92 Å². The molecule has 2 heterocycles. The van der Waals surface area contributed by atoms with Gasteiger partial charge >= 0.3 is 0 Å². The van der Waals surface area contributed by atoms with Crippen molar-refractivity contribution in [2.45, 2.75) is 19.9 Å². The number of thiazole rings is 1. The van der Waals surface area contributed by atoms with Gasteiger partial charge in [0.15, 0.2) is 0 Å². The van der Waals surface area contributed by atoms with E-state index in [0.717, 1.165) is 5.01 Å². The van der Waals surface area contributed by atoms with Crippen LogP contribution in [0.4, 0.5) is 11.5 Å². The number of nitro groups is 1. The van der Waals surface area contributed by atoms with Crippen LogP contribution in [0.1, 0.15) is 23.7 Å². The Labute approximate surface area is 108 Å². The molecule has 1 unspecified atom stereocenters. The van der Waals surface area contributed by atoms with Gasteiger partial charge in [0.25, 0.3) is 5.69 Å². The maximum absolute atomic E-state index is 10.7. The molecule has 0 amide bonds. The summed E-state index contributed by atoms with van der Waals surface area (Å²) in [7, 11) is 0. The molecule has 1 N–H and O–H groups in total. The zero-order valence-electron chi connectivity index (χ0n) is 9.95. The molecule has 2 aromatic heterocycles. The minimum atomic E-state index is -0.434. The molecule has 0 bridgehead atoms. The van der Waals surface area contributed by atoms with Crippen LogP contribution in [-0.4, -0.2) is 14.9 Å². The number of rotatable bonds is 4. The average Bonchev–Trinajstić information content (AvgIpc) is 2.81. The first-order valence-electron chi connectivity index (χ1n) is 5.36. The van der Waals surface area contributed by atoms with Crippen molar-refractivity contribution >= 4 is 22.8 Å². The van der Waals surface area contributed by atoms with Crippen LogP contribution in [0.2, 0.25) is 0 Å². The second-order valence-electron chi connectivity index (χ2n) is 3.79. The number of hydrogen-bond donors (Lipinski definition) is 1. The Hall–Kier alpha value is -2.02. The van der Waals surface area contributed by atoms with E-state index in [-0.39, 0.29) is 11.7 Å². The molecule has 0 aliphatic carbocycles. The van der Waals surface area contributed by atoms with Gasteiger partial charge in [-0.3, -0.25) is 10.1 Å². The molecule has 94 valence electrons. The van der Waals surface area contributed by atoms with Crippen LogP contribution >= 0.6 is 11.3 Å². The summed E-state index contributed by atoms with van der Waals surface area (Å²) in [6, 6.07) is 3.09. The van der Waals surface area contributed by atoms with Crippen LogP contribution in [0.3, 0.4) is 0 Å². The van der Waals surface area contributed by atoms with E-state index in [0.29, 0.717) is 11.5 Å². The van der Waals surface area contributed by atoms with Gasteiger partial charge in [0.05, 0.1) is 11.0 Å². The van der Waals surface area contributed by atoms with Crippen molar-refractivity contribution in [2.75, 3.05) is 5.32 Å². The Balaban J connectivity index is 2.15. The van der Waals surface area contributed by atoms with Gasteiger partial charge in [0.2, 0.25) is 0 Å².